The molecule has 0 aliphatic heterocycles. The first kappa shape index (κ1) is 13.9. The highest BCUT2D eigenvalue weighted by Crippen LogP contribution is 2.19. The fraction of sp³-hybridized carbons (Fsp3) is 1.00. The van der Waals surface area contributed by atoms with Crippen molar-refractivity contribution in [1.29, 1.82) is 0 Å². The summed E-state index contributed by atoms with van der Waals surface area (Å²) in [5.74, 6) is -0.148. The maximum atomic E-state index is 10.5. The van der Waals surface area contributed by atoms with Crippen LogP contribution >= 0.6 is 0 Å². The Hall–Kier alpha value is -0.130. The summed E-state index contributed by atoms with van der Waals surface area (Å²) in [5.41, 5.74) is 0.0826. The quantitative estimate of drug-likeness (QED) is 0.575. The molecule has 0 bridgehead atoms. The molecule has 0 spiro atoms. The van der Waals surface area contributed by atoms with Crippen LogP contribution in [-0.2, 0) is 10.1 Å². The van der Waals surface area contributed by atoms with Gasteiger partial charge in [-0.15, -0.1) is 0 Å². The third-order valence-corrected chi connectivity index (χ3v) is 3.74. The van der Waals surface area contributed by atoms with Gasteiger partial charge in [-0.25, -0.2) is 0 Å². The summed E-state index contributed by atoms with van der Waals surface area (Å²) < 4.78 is 30.4. The van der Waals surface area contributed by atoms with Crippen LogP contribution in [0.2, 0.25) is 0 Å². The summed E-state index contributed by atoms with van der Waals surface area (Å²) in [6.45, 7) is 7.07. The third kappa shape index (κ3) is 4.93. The summed E-state index contributed by atoms with van der Waals surface area (Å²) in [4.78, 5) is 0. The van der Waals surface area contributed by atoms with E-state index in [1.165, 1.54) is 0 Å². The van der Waals surface area contributed by atoms with E-state index in [4.69, 9.17) is 4.55 Å². The molecular formula is C9H22NO3S+. The molecule has 5 heteroatoms. The molecule has 0 aliphatic carbocycles. The second-order valence-corrected chi connectivity index (χ2v) is 6.79. The first-order valence-electron chi connectivity index (χ1n) is 4.74. The van der Waals surface area contributed by atoms with E-state index in [1.807, 2.05) is 0 Å². The van der Waals surface area contributed by atoms with Crippen molar-refractivity contribution < 1.29 is 17.5 Å². The number of hydrogen-bond donors (Lipinski definition) is 1. The molecule has 0 saturated heterocycles. The van der Waals surface area contributed by atoms with Gasteiger partial charge in [0.2, 0.25) is 0 Å². The van der Waals surface area contributed by atoms with Crippen molar-refractivity contribution in [3.8, 4) is 0 Å². The number of quaternary nitrogens is 1. The lowest BCUT2D eigenvalue weighted by Gasteiger charge is -2.42. The Morgan fingerprint density at radius 1 is 1.21 bits per heavy atom. The Labute approximate surface area is 87.3 Å². The van der Waals surface area contributed by atoms with Crippen molar-refractivity contribution in [2.75, 3.05) is 26.4 Å². The number of rotatable bonds is 4. The lowest BCUT2D eigenvalue weighted by atomic mass is 10.0. The van der Waals surface area contributed by atoms with Crippen molar-refractivity contribution in [1.82, 2.24) is 0 Å². The Kier molecular flexibility index (Phi) is 4.12. The molecule has 1 N–H and O–H groups in total. The van der Waals surface area contributed by atoms with Crippen LogP contribution in [0.15, 0.2) is 0 Å². The summed E-state index contributed by atoms with van der Waals surface area (Å²) in [5, 5.41) is 0. The summed E-state index contributed by atoms with van der Waals surface area (Å²) in [7, 11) is 0.317. The minimum absolute atomic E-state index is 0.0826. The highest BCUT2D eigenvalue weighted by atomic mass is 32.2. The Morgan fingerprint density at radius 3 is 1.93 bits per heavy atom. The van der Waals surface area contributed by atoms with E-state index in [9.17, 15) is 8.42 Å². The van der Waals surface area contributed by atoms with Crippen molar-refractivity contribution in [3.05, 3.63) is 0 Å². The second kappa shape index (κ2) is 4.16. The van der Waals surface area contributed by atoms with Crippen LogP contribution in [0.25, 0.3) is 0 Å². The third-order valence-electron chi connectivity index (χ3n) is 2.94. The first-order chi connectivity index (χ1) is 5.96. The van der Waals surface area contributed by atoms with E-state index < -0.39 is 10.1 Å². The molecule has 0 radical (unpaired) electrons. The van der Waals surface area contributed by atoms with Gasteiger partial charge in [-0.3, -0.25) is 4.55 Å². The predicted molar refractivity (Wildman–Crippen MR) is 57.8 cm³/mol. The molecule has 0 heterocycles. The van der Waals surface area contributed by atoms with Gasteiger partial charge in [0.15, 0.2) is 0 Å². The van der Waals surface area contributed by atoms with Gasteiger partial charge in [-0.05, 0) is 20.8 Å². The molecule has 0 saturated carbocycles. The Bertz CT molecular complexity index is 275. The molecule has 0 fully saturated rings. The van der Waals surface area contributed by atoms with Crippen molar-refractivity contribution in [2.24, 2.45) is 0 Å². The van der Waals surface area contributed by atoms with E-state index in [2.05, 4.69) is 34.9 Å². The van der Waals surface area contributed by atoms with E-state index >= 15 is 0 Å². The summed E-state index contributed by atoms with van der Waals surface area (Å²) >= 11 is 0. The molecule has 0 aliphatic rings. The number of nitrogens with zero attached hydrogens (tertiary/aromatic N) is 1. The fourth-order valence-corrected chi connectivity index (χ4v) is 1.47. The van der Waals surface area contributed by atoms with Crippen LogP contribution in [0.5, 0.6) is 0 Å². The molecule has 0 atom stereocenters. The maximum Gasteiger partial charge on any atom is 0.265 e. The van der Waals surface area contributed by atoms with Crippen molar-refractivity contribution in [2.45, 2.75) is 32.7 Å². The lowest BCUT2D eigenvalue weighted by molar-refractivity contribution is -0.935. The van der Waals surface area contributed by atoms with Gasteiger partial charge in [0.05, 0.1) is 31.9 Å². The van der Waals surface area contributed by atoms with Crippen LogP contribution in [0, 0.1) is 0 Å². The molecule has 0 unspecified atom stereocenters. The fourth-order valence-electron chi connectivity index (χ4n) is 0.978. The molecule has 0 aromatic carbocycles. The van der Waals surface area contributed by atoms with Gasteiger partial charge in [-0.2, -0.15) is 8.42 Å². The van der Waals surface area contributed by atoms with E-state index in [0.717, 1.165) is 11.0 Å². The highest BCUT2D eigenvalue weighted by Gasteiger charge is 2.31. The van der Waals surface area contributed by atoms with E-state index in [0.29, 0.717) is 6.42 Å². The highest BCUT2D eigenvalue weighted by molar-refractivity contribution is 7.85. The smallest absolute Gasteiger partial charge is 0.265 e. The van der Waals surface area contributed by atoms with Gasteiger partial charge in [0.25, 0.3) is 10.1 Å². The molecule has 0 aromatic rings. The topological polar surface area (TPSA) is 54.4 Å². The largest absolute Gasteiger partial charge is 0.324 e. The van der Waals surface area contributed by atoms with Gasteiger partial charge >= 0.3 is 0 Å². The standard InChI is InChI=1S/C9H21NO3S/c1-9(2,3)10(4,5)7-6-8-14(11,12)13/h6-8H2,1-5H3/p+1. The van der Waals surface area contributed by atoms with E-state index in [1.54, 1.807) is 0 Å². The zero-order valence-electron chi connectivity index (χ0n) is 9.74. The average molecular weight is 224 g/mol. The minimum Gasteiger partial charge on any atom is -0.324 e. The number of hydrogen-bond acceptors (Lipinski definition) is 2. The first-order valence-corrected chi connectivity index (χ1v) is 6.35. The molecule has 4 nitrogen and oxygen atoms in total. The predicted octanol–water partition coefficient (Wildman–Crippen LogP) is 1.14. The monoisotopic (exact) mass is 224 g/mol. The molecule has 0 rings (SSSR count). The minimum atomic E-state index is -3.80. The molecule has 0 aromatic heterocycles. The lowest BCUT2D eigenvalue weighted by Crippen LogP contribution is -2.54. The van der Waals surface area contributed by atoms with Crippen LogP contribution in [0.4, 0.5) is 0 Å². The maximum absolute atomic E-state index is 10.5. The molecule has 86 valence electrons. The SMILES string of the molecule is CC(C)(C)[N+](C)(C)CCCS(=O)(=O)O. The molecule has 0 amide bonds. The Balaban J connectivity index is 4.15. The van der Waals surface area contributed by atoms with Gasteiger partial charge < -0.3 is 4.48 Å². The van der Waals surface area contributed by atoms with E-state index in [-0.39, 0.29) is 11.3 Å². The van der Waals surface area contributed by atoms with Crippen LogP contribution in [0.3, 0.4) is 0 Å². The van der Waals surface area contributed by atoms with Crippen LogP contribution in [-0.4, -0.2) is 49.4 Å². The zero-order valence-corrected chi connectivity index (χ0v) is 10.6. The normalized spacial score (nSPS) is 14.4. The van der Waals surface area contributed by atoms with Crippen LogP contribution < -0.4 is 0 Å². The van der Waals surface area contributed by atoms with Crippen molar-refractivity contribution >= 4 is 10.1 Å². The van der Waals surface area contributed by atoms with Crippen molar-refractivity contribution in [3.63, 3.8) is 0 Å². The summed E-state index contributed by atoms with van der Waals surface area (Å²) in [6, 6.07) is 0. The van der Waals surface area contributed by atoms with Gasteiger partial charge in [-0.1, -0.05) is 0 Å². The van der Waals surface area contributed by atoms with Gasteiger partial charge in [0.1, 0.15) is 0 Å². The molecule has 14 heavy (non-hydrogen) atoms. The molecular weight excluding hydrogens is 202 g/mol. The van der Waals surface area contributed by atoms with Crippen LogP contribution in [0.1, 0.15) is 27.2 Å². The zero-order chi connectivity index (χ0) is 11.6. The average Bonchev–Trinajstić information content (AvgIpc) is 1.80. The second-order valence-electron chi connectivity index (χ2n) is 5.22. The Morgan fingerprint density at radius 2 is 1.64 bits per heavy atom. The summed E-state index contributed by atoms with van der Waals surface area (Å²) in [6.07, 6.45) is 0.489. The van der Waals surface area contributed by atoms with Gasteiger partial charge in [0, 0.05) is 6.42 Å².